The second-order valence-corrected chi connectivity index (χ2v) is 6.49. The summed E-state index contributed by atoms with van der Waals surface area (Å²) in [4.78, 5) is 12.0. The van der Waals surface area contributed by atoms with Gasteiger partial charge in [0.05, 0.1) is 10.6 Å². The zero-order valence-electron chi connectivity index (χ0n) is 11.5. The van der Waals surface area contributed by atoms with Crippen molar-refractivity contribution in [2.24, 2.45) is 5.11 Å². The Labute approximate surface area is 143 Å². The summed E-state index contributed by atoms with van der Waals surface area (Å²) in [5.74, 6) is -0.378. The van der Waals surface area contributed by atoms with Crippen LogP contribution in [-0.4, -0.2) is 17.9 Å². The van der Waals surface area contributed by atoms with E-state index < -0.39 is 25.7 Å². The maximum Gasteiger partial charge on any atom is 0.298 e. The van der Waals surface area contributed by atoms with Crippen LogP contribution >= 0.6 is 15.9 Å². The van der Waals surface area contributed by atoms with Crippen LogP contribution in [0.1, 0.15) is 0 Å². The number of benzene rings is 2. The van der Waals surface area contributed by atoms with Gasteiger partial charge in [-0.25, -0.2) is 0 Å². The summed E-state index contributed by atoms with van der Waals surface area (Å²) in [7, 11) is -4.67. The Kier molecular flexibility index (Phi) is 5.04. The van der Waals surface area contributed by atoms with Gasteiger partial charge in [-0.1, -0.05) is 21.0 Å². The molecule has 0 radical (unpaired) electrons. The van der Waals surface area contributed by atoms with E-state index in [9.17, 15) is 23.1 Å². The molecule has 0 bridgehead atoms. The lowest BCUT2D eigenvalue weighted by molar-refractivity contribution is -0.384. The van der Waals surface area contributed by atoms with Crippen LogP contribution in [0.4, 0.5) is 11.4 Å². The van der Waals surface area contributed by atoms with E-state index in [1.54, 1.807) is 0 Å². The van der Waals surface area contributed by atoms with Crippen LogP contribution in [0.25, 0.3) is 10.4 Å². The summed E-state index contributed by atoms with van der Waals surface area (Å²) >= 11 is 3.08. The molecule has 2 aromatic rings. The molecule has 10 nitrogen and oxygen atoms in total. The summed E-state index contributed by atoms with van der Waals surface area (Å²) < 4.78 is 37.9. The molecule has 0 saturated heterocycles. The molecule has 0 aliphatic heterocycles. The highest BCUT2D eigenvalue weighted by Crippen LogP contribution is 2.43. The number of ether oxygens (including phenoxy) is 1. The van der Waals surface area contributed by atoms with Crippen LogP contribution in [0.15, 0.2) is 50.9 Å². The van der Waals surface area contributed by atoms with Gasteiger partial charge in [0.25, 0.3) is 15.8 Å². The van der Waals surface area contributed by atoms with Gasteiger partial charge in [0.2, 0.25) is 0 Å². The quantitative estimate of drug-likeness (QED) is 0.191. The molecule has 12 heteroatoms. The first kappa shape index (κ1) is 17.7. The van der Waals surface area contributed by atoms with Crippen molar-refractivity contribution in [2.45, 2.75) is 4.90 Å². The van der Waals surface area contributed by atoms with Crippen molar-refractivity contribution >= 4 is 37.4 Å². The molecule has 1 N–H and O–H groups in total. The number of non-ortho nitro benzene ring substituents is 1. The maximum atomic E-state index is 11.5. The topological polar surface area (TPSA) is 156 Å². The van der Waals surface area contributed by atoms with E-state index in [1.165, 1.54) is 18.2 Å². The summed E-state index contributed by atoms with van der Waals surface area (Å²) in [5, 5.41) is 14.0. The lowest BCUT2D eigenvalue weighted by Gasteiger charge is -2.13. The second kappa shape index (κ2) is 6.84. The van der Waals surface area contributed by atoms with Crippen molar-refractivity contribution in [3.05, 3.63) is 61.4 Å². The number of azide groups is 1. The number of hydrogen-bond acceptors (Lipinski definition) is 6. The first-order valence-corrected chi connectivity index (χ1v) is 8.24. The second-order valence-electron chi connectivity index (χ2n) is 4.24. The minimum absolute atomic E-state index is 0.0398. The molecule has 0 aliphatic carbocycles. The van der Waals surface area contributed by atoms with Crippen molar-refractivity contribution in [3.63, 3.8) is 0 Å². The van der Waals surface area contributed by atoms with Crippen molar-refractivity contribution in [2.75, 3.05) is 0 Å². The molecule has 0 atom stereocenters. The Hall–Kier alpha value is -2.66. The standard InChI is InChI=1S/C12H7BrN4O6S/c13-9-5-6-10(24(20,21)22)12(11(9)15-16-14)23-8-3-1-7(2-4-8)17(18)19/h1-6H,(H,20,21,22). The minimum atomic E-state index is -4.67. The Morgan fingerprint density at radius 3 is 2.38 bits per heavy atom. The monoisotopic (exact) mass is 414 g/mol. The maximum absolute atomic E-state index is 11.5. The lowest BCUT2D eigenvalue weighted by Crippen LogP contribution is -2.01. The third-order valence-electron chi connectivity index (χ3n) is 2.74. The third-order valence-corrected chi connectivity index (χ3v) is 4.25. The Balaban J connectivity index is 2.60. The Bertz CT molecular complexity index is 954. The number of halogens is 1. The van der Waals surface area contributed by atoms with Crippen LogP contribution in [0.5, 0.6) is 11.5 Å². The largest absolute Gasteiger partial charge is 0.455 e. The molecule has 0 aliphatic rings. The molecule has 0 unspecified atom stereocenters. The van der Waals surface area contributed by atoms with E-state index in [1.807, 2.05) is 0 Å². The van der Waals surface area contributed by atoms with Gasteiger partial charge in [0, 0.05) is 21.5 Å². The normalized spacial score (nSPS) is 10.8. The van der Waals surface area contributed by atoms with E-state index in [-0.39, 0.29) is 21.6 Å². The highest BCUT2D eigenvalue weighted by atomic mass is 79.9. The summed E-state index contributed by atoms with van der Waals surface area (Å²) in [5.41, 5.74) is 8.23. The average molecular weight is 415 g/mol. The number of nitro groups is 1. The number of rotatable bonds is 5. The molecule has 0 spiro atoms. The third kappa shape index (κ3) is 3.81. The smallest absolute Gasteiger partial charge is 0.298 e. The van der Waals surface area contributed by atoms with Gasteiger partial charge in [-0.2, -0.15) is 8.42 Å². The molecular weight excluding hydrogens is 408 g/mol. The molecule has 0 saturated carbocycles. The van der Waals surface area contributed by atoms with Crippen molar-refractivity contribution in [1.29, 1.82) is 0 Å². The van der Waals surface area contributed by atoms with Gasteiger partial charge in [-0.15, -0.1) is 0 Å². The molecule has 2 aromatic carbocycles. The Morgan fingerprint density at radius 1 is 1.25 bits per heavy atom. The molecule has 124 valence electrons. The van der Waals surface area contributed by atoms with Crippen molar-refractivity contribution in [1.82, 2.24) is 0 Å². The average Bonchev–Trinajstić information content (AvgIpc) is 2.50. The molecule has 0 heterocycles. The van der Waals surface area contributed by atoms with E-state index in [0.29, 0.717) is 0 Å². The molecule has 2 rings (SSSR count). The minimum Gasteiger partial charge on any atom is -0.455 e. The van der Waals surface area contributed by atoms with Crippen LogP contribution in [0, 0.1) is 10.1 Å². The highest BCUT2D eigenvalue weighted by molar-refractivity contribution is 9.10. The first-order valence-electron chi connectivity index (χ1n) is 6.01. The fourth-order valence-corrected chi connectivity index (χ4v) is 2.73. The van der Waals surface area contributed by atoms with Gasteiger partial charge in [0.15, 0.2) is 5.75 Å². The predicted octanol–water partition coefficient (Wildman–Crippen LogP) is 4.34. The van der Waals surface area contributed by atoms with Crippen LogP contribution in [0.3, 0.4) is 0 Å². The van der Waals surface area contributed by atoms with E-state index in [2.05, 4.69) is 26.0 Å². The SMILES string of the molecule is [N-]=[N+]=Nc1c(Br)ccc(S(=O)(=O)O)c1Oc1ccc([N+](=O)[O-])cc1. The van der Waals surface area contributed by atoms with Crippen LogP contribution < -0.4 is 4.74 Å². The van der Waals surface area contributed by atoms with Gasteiger partial charge in [0.1, 0.15) is 10.6 Å². The zero-order valence-corrected chi connectivity index (χ0v) is 13.9. The number of hydrogen-bond donors (Lipinski definition) is 1. The van der Waals surface area contributed by atoms with E-state index in [0.717, 1.165) is 18.2 Å². The molecule has 0 fully saturated rings. The fraction of sp³-hybridized carbons (Fsp3) is 0. The number of nitrogens with zero attached hydrogens (tertiary/aromatic N) is 4. The Morgan fingerprint density at radius 2 is 1.88 bits per heavy atom. The van der Waals surface area contributed by atoms with Gasteiger partial charge in [-0.05, 0) is 29.8 Å². The van der Waals surface area contributed by atoms with Crippen LogP contribution in [0.2, 0.25) is 0 Å². The van der Waals surface area contributed by atoms with E-state index >= 15 is 0 Å². The summed E-state index contributed by atoms with van der Waals surface area (Å²) in [6.07, 6.45) is 0. The zero-order chi connectivity index (χ0) is 17.9. The number of nitro benzene ring substituents is 1. The molecule has 0 aromatic heterocycles. The summed E-state index contributed by atoms with van der Waals surface area (Å²) in [6.45, 7) is 0. The van der Waals surface area contributed by atoms with Gasteiger partial charge >= 0.3 is 0 Å². The summed E-state index contributed by atoms with van der Waals surface area (Å²) in [6, 6.07) is 7.06. The van der Waals surface area contributed by atoms with Gasteiger partial charge < -0.3 is 4.74 Å². The lowest BCUT2D eigenvalue weighted by atomic mass is 10.3. The fourth-order valence-electron chi connectivity index (χ4n) is 1.72. The van der Waals surface area contributed by atoms with Gasteiger partial charge in [-0.3, -0.25) is 14.7 Å². The van der Waals surface area contributed by atoms with Crippen molar-refractivity contribution < 1.29 is 22.6 Å². The van der Waals surface area contributed by atoms with Crippen molar-refractivity contribution in [3.8, 4) is 11.5 Å². The highest BCUT2D eigenvalue weighted by Gasteiger charge is 2.22. The van der Waals surface area contributed by atoms with Crippen LogP contribution in [-0.2, 0) is 10.1 Å². The predicted molar refractivity (Wildman–Crippen MR) is 85.9 cm³/mol. The molecule has 24 heavy (non-hydrogen) atoms. The molecular formula is C12H7BrN4O6S. The first-order chi connectivity index (χ1) is 11.2. The molecule has 0 amide bonds. The van der Waals surface area contributed by atoms with E-state index in [4.69, 9.17) is 10.3 Å².